The summed E-state index contributed by atoms with van der Waals surface area (Å²) in [5.74, 6) is 6.79. The van der Waals surface area contributed by atoms with Crippen molar-refractivity contribution in [1.82, 2.24) is 34.5 Å². The largest absolute Gasteiger partial charge is 0.374 e. The maximum atomic E-state index is 13.4. The summed E-state index contributed by atoms with van der Waals surface area (Å²) >= 11 is 7.80. The van der Waals surface area contributed by atoms with E-state index in [1.165, 1.54) is 0 Å². The third kappa shape index (κ3) is 6.28. The van der Waals surface area contributed by atoms with E-state index in [0.29, 0.717) is 35.7 Å². The molecule has 0 aliphatic carbocycles. The number of aromatic nitrogens is 5. The summed E-state index contributed by atoms with van der Waals surface area (Å²) in [5.41, 5.74) is 5.85. The Morgan fingerprint density at radius 1 is 1.04 bits per heavy atom. The molecule has 3 amide bonds. The van der Waals surface area contributed by atoms with E-state index in [-0.39, 0.29) is 18.4 Å². The van der Waals surface area contributed by atoms with Gasteiger partial charge in [0.15, 0.2) is 5.82 Å². The molecule has 53 heavy (non-hydrogen) atoms. The van der Waals surface area contributed by atoms with E-state index >= 15 is 0 Å². The number of fused-ring (bicyclic) bond motifs is 4. The van der Waals surface area contributed by atoms with E-state index in [1.807, 2.05) is 47.9 Å². The van der Waals surface area contributed by atoms with E-state index in [1.54, 1.807) is 42.1 Å². The number of hydrogen-bond donors (Lipinski definition) is 2. The van der Waals surface area contributed by atoms with Crippen molar-refractivity contribution in [2.45, 2.75) is 64.9 Å². The summed E-state index contributed by atoms with van der Waals surface area (Å²) in [7, 11) is 0. The summed E-state index contributed by atoms with van der Waals surface area (Å²) in [5, 5.41) is 22.5. The number of carbonyl (C=O) groups is 3. The number of aryl methyl sites for hydroxylation is 2. The fourth-order valence-electron chi connectivity index (χ4n) is 6.99. The highest BCUT2D eigenvalue weighted by molar-refractivity contribution is 7.15. The zero-order valence-corrected chi connectivity index (χ0v) is 30.4. The second-order valence-corrected chi connectivity index (χ2v) is 14.5. The topological polar surface area (TPSA) is 148 Å². The summed E-state index contributed by atoms with van der Waals surface area (Å²) in [6, 6.07) is 11.9. The number of piperidine rings is 1. The number of carbonyl (C=O) groups excluding carboxylic acids is 3. The van der Waals surface area contributed by atoms with Gasteiger partial charge in [0.2, 0.25) is 5.91 Å². The molecule has 8 rings (SSSR count). The van der Waals surface area contributed by atoms with E-state index < -0.39 is 30.0 Å². The molecule has 1 fully saturated rings. The molecule has 6 heterocycles. The molecule has 0 radical (unpaired) electrons. The van der Waals surface area contributed by atoms with Crippen LogP contribution in [0.15, 0.2) is 66.1 Å². The lowest BCUT2D eigenvalue weighted by molar-refractivity contribution is -0.131. The molecule has 2 unspecified atom stereocenters. The van der Waals surface area contributed by atoms with Gasteiger partial charge in [0.25, 0.3) is 11.8 Å². The first-order chi connectivity index (χ1) is 25.7. The Labute approximate surface area is 313 Å². The lowest BCUT2D eigenvalue weighted by atomic mass is 10.00. The zero-order chi connectivity index (χ0) is 36.8. The number of nitrogens with one attached hydrogen (secondary N) is 1. The third-order valence-corrected chi connectivity index (χ3v) is 11.1. The van der Waals surface area contributed by atoms with Crippen LogP contribution in [0.25, 0.3) is 11.1 Å². The van der Waals surface area contributed by atoms with Gasteiger partial charge in [-0.15, -0.1) is 21.5 Å². The van der Waals surface area contributed by atoms with Gasteiger partial charge in [0.1, 0.15) is 35.3 Å². The number of imide groups is 1. The highest BCUT2D eigenvalue weighted by atomic mass is 35.5. The van der Waals surface area contributed by atoms with E-state index in [2.05, 4.69) is 43.8 Å². The van der Waals surface area contributed by atoms with E-state index in [4.69, 9.17) is 16.6 Å². The number of hydrogen-bond acceptors (Lipinski definition) is 9. The fraction of sp³-hybridized carbons (Fsp3) is 0.256. The Morgan fingerprint density at radius 2 is 1.87 bits per heavy atom. The normalized spacial score (nSPS) is 17.9. The van der Waals surface area contributed by atoms with Gasteiger partial charge in [-0.05, 0) is 80.7 Å². The van der Waals surface area contributed by atoms with Gasteiger partial charge < -0.3 is 15.0 Å². The highest BCUT2D eigenvalue weighted by Gasteiger charge is 2.45. The van der Waals surface area contributed by atoms with E-state index in [0.717, 1.165) is 60.9 Å². The highest BCUT2D eigenvalue weighted by Crippen LogP contribution is 2.37. The maximum absolute atomic E-state index is 13.4. The number of benzene rings is 2. The first kappa shape index (κ1) is 34.4. The lowest BCUT2D eigenvalue weighted by Gasteiger charge is -2.31. The van der Waals surface area contributed by atoms with E-state index in [9.17, 15) is 19.5 Å². The Bertz CT molecular complexity index is 2430. The molecule has 14 heteroatoms. The molecule has 2 atom stereocenters. The van der Waals surface area contributed by atoms with Crippen LogP contribution in [0.3, 0.4) is 0 Å². The average molecular weight is 745 g/mol. The van der Waals surface area contributed by atoms with Crippen LogP contribution in [0.1, 0.15) is 90.9 Å². The monoisotopic (exact) mass is 744 g/mol. The lowest BCUT2D eigenvalue weighted by Crippen LogP contribution is -2.55. The van der Waals surface area contributed by atoms with Crippen molar-refractivity contribution in [3.05, 3.63) is 122 Å². The molecule has 1 saturated heterocycles. The van der Waals surface area contributed by atoms with Crippen LogP contribution in [0.4, 0.5) is 0 Å². The first-order valence-corrected chi connectivity index (χ1v) is 18.4. The van der Waals surface area contributed by atoms with Crippen molar-refractivity contribution < 1.29 is 19.5 Å². The van der Waals surface area contributed by atoms with Crippen molar-refractivity contribution in [2.75, 3.05) is 0 Å². The molecule has 266 valence electrons. The molecule has 5 aromatic rings. The molecule has 3 aromatic heterocycles. The number of thiophene rings is 1. The summed E-state index contributed by atoms with van der Waals surface area (Å²) < 4.78 is 4.08. The third-order valence-electron chi connectivity index (χ3n) is 9.66. The molecule has 2 N–H and O–H groups in total. The molecular formula is C39H33ClN8O4S. The Hall–Kier alpha value is -5.68. The van der Waals surface area contributed by atoms with Crippen molar-refractivity contribution in [3.63, 3.8) is 0 Å². The van der Waals surface area contributed by atoms with Gasteiger partial charge in [-0.3, -0.25) is 28.8 Å². The van der Waals surface area contributed by atoms with Crippen LogP contribution in [-0.4, -0.2) is 70.0 Å². The Morgan fingerprint density at radius 3 is 2.68 bits per heavy atom. The van der Waals surface area contributed by atoms with Crippen molar-refractivity contribution in [2.24, 2.45) is 4.99 Å². The van der Waals surface area contributed by atoms with Crippen LogP contribution in [-0.2, 0) is 17.9 Å². The van der Waals surface area contributed by atoms with Crippen LogP contribution in [0.5, 0.6) is 0 Å². The number of aliphatic imine (C=N–C) groups is 1. The van der Waals surface area contributed by atoms with Gasteiger partial charge in [0, 0.05) is 22.7 Å². The summed E-state index contributed by atoms with van der Waals surface area (Å²) in [6.07, 6.45) is 8.34. The number of imidazole rings is 1. The number of nitrogens with zero attached hydrogens (tertiary/aromatic N) is 7. The number of aliphatic hydroxyl groups excluding tert-OH is 1. The van der Waals surface area contributed by atoms with Gasteiger partial charge in [-0.25, -0.2) is 4.98 Å². The van der Waals surface area contributed by atoms with Crippen LogP contribution >= 0.6 is 22.9 Å². The molecule has 3 aliphatic rings. The SMILES string of the molecule is Cc1c(C#Cc2cncn2CCC/C=C/c2cccc3c2C(=O)N(C2CCC(O)NC2=O)C3=O)sc2c1C(c1ccc(Cl)cc1)=NCc1nnc(C)n1-2. The molecular weight excluding hydrogens is 712 g/mol. The van der Waals surface area contributed by atoms with Gasteiger partial charge >= 0.3 is 0 Å². The first-order valence-electron chi connectivity index (χ1n) is 17.2. The number of amides is 3. The number of unbranched alkanes of at least 4 members (excludes halogenated alkanes) is 1. The van der Waals surface area contributed by atoms with Gasteiger partial charge in [-0.1, -0.05) is 48.0 Å². The number of rotatable bonds is 7. The minimum Gasteiger partial charge on any atom is -0.374 e. The quantitative estimate of drug-likeness (QED) is 0.132. The predicted octanol–water partition coefficient (Wildman–Crippen LogP) is 5.23. The molecule has 0 bridgehead atoms. The van der Waals surface area contributed by atoms with Gasteiger partial charge in [0.05, 0.1) is 34.2 Å². The smallest absolute Gasteiger partial charge is 0.262 e. The number of aliphatic hydroxyl groups is 1. The fourth-order valence-corrected chi connectivity index (χ4v) is 8.35. The predicted molar refractivity (Wildman–Crippen MR) is 200 cm³/mol. The maximum Gasteiger partial charge on any atom is 0.262 e. The molecule has 12 nitrogen and oxygen atoms in total. The minimum absolute atomic E-state index is 0.211. The van der Waals surface area contributed by atoms with Crippen LogP contribution in [0.2, 0.25) is 5.02 Å². The van der Waals surface area contributed by atoms with Crippen molar-refractivity contribution in [1.29, 1.82) is 0 Å². The molecule has 0 saturated carbocycles. The van der Waals surface area contributed by atoms with Crippen molar-refractivity contribution >= 4 is 52.4 Å². The second-order valence-electron chi connectivity index (χ2n) is 13.0. The van der Waals surface area contributed by atoms with Crippen LogP contribution < -0.4 is 5.32 Å². The number of allylic oxidation sites excluding steroid dienone is 1. The van der Waals surface area contributed by atoms with Crippen LogP contribution in [0, 0.1) is 25.7 Å². The second kappa shape index (κ2) is 14.0. The number of halogens is 1. The summed E-state index contributed by atoms with van der Waals surface area (Å²) in [6.45, 7) is 5.09. The average Bonchev–Trinajstić information content (AvgIpc) is 3.87. The minimum atomic E-state index is -0.974. The zero-order valence-electron chi connectivity index (χ0n) is 28.8. The molecule has 2 aromatic carbocycles. The Kier molecular flexibility index (Phi) is 9.11. The van der Waals surface area contributed by atoms with Crippen molar-refractivity contribution in [3.8, 4) is 16.8 Å². The van der Waals surface area contributed by atoms with Gasteiger partial charge in [-0.2, -0.15) is 0 Å². The molecule has 0 spiro atoms. The standard InChI is InChI=1S/C39H33ClN8O4S/c1-22-30(53-39-33(22)35(25-10-12-26(40)13-11-25)42-20-31-45-44-23(2)47(31)39)16-14-27-19-41-21-46(27)18-5-3-4-7-24-8-6-9-28-34(24)38(52)48(37(28)51)29-15-17-32(49)43-36(29)50/h4,6-13,19,21,29,32,49H,3,5,15,17-18,20H2,1-2H3,(H,43,50)/b7-4+. The summed E-state index contributed by atoms with van der Waals surface area (Å²) in [4.78, 5) is 50.4. The molecule has 3 aliphatic heterocycles. The Balaban J connectivity index is 0.975.